The van der Waals surface area contributed by atoms with Crippen LogP contribution in [0, 0.1) is 11.8 Å². The molecule has 82 valence electrons. The van der Waals surface area contributed by atoms with E-state index in [0.717, 1.165) is 5.56 Å². The third kappa shape index (κ3) is 1.11. The van der Waals surface area contributed by atoms with E-state index in [4.69, 9.17) is 0 Å². The molecule has 0 bridgehead atoms. The van der Waals surface area contributed by atoms with Gasteiger partial charge in [0.2, 0.25) is 0 Å². The second kappa shape index (κ2) is 2.60. The van der Waals surface area contributed by atoms with E-state index in [2.05, 4.69) is 5.10 Å². The molecule has 15 heavy (non-hydrogen) atoms. The molecule has 1 aromatic rings. The fraction of sp³-hybridized carbons (Fsp3) is 0.727. The molecule has 1 aromatic heterocycles. The molecular formula is C11H14F2N2. The number of aromatic nitrogens is 2. The number of hydrogen-bond acceptors (Lipinski definition) is 1. The number of hydrogen-bond donors (Lipinski definition) is 0. The van der Waals surface area contributed by atoms with E-state index in [1.54, 1.807) is 6.20 Å². The molecule has 0 saturated heterocycles. The molecule has 0 aliphatic heterocycles. The molecule has 1 saturated carbocycles. The Hall–Kier alpha value is -0.930. The lowest BCUT2D eigenvalue weighted by Crippen LogP contribution is -2.21. The molecule has 2 nitrogen and oxygen atoms in total. The fourth-order valence-corrected chi connectivity index (χ4v) is 2.63. The first kappa shape index (κ1) is 9.31. The Bertz CT molecular complexity index is 409. The van der Waals surface area contributed by atoms with Gasteiger partial charge in [0.15, 0.2) is 0 Å². The highest BCUT2D eigenvalue weighted by molar-refractivity contribution is 5.41. The van der Waals surface area contributed by atoms with Gasteiger partial charge in [0.25, 0.3) is 5.92 Å². The van der Waals surface area contributed by atoms with Crippen molar-refractivity contribution in [2.75, 3.05) is 0 Å². The third-order valence-corrected chi connectivity index (χ3v) is 3.38. The average Bonchev–Trinajstić information content (AvgIpc) is 2.76. The molecule has 3 rings (SSSR count). The molecule has 1 fully saturated rings. The van der Waals surface area contributed by atoms with Gasteiger partial charge in [0.1, 0.15) is 5.69 Å². The Morgan fingerprint density at radius 3 is 3.00 bits per heavy atom. The van der Waals surface area contributed by atoms with Gasteiger partial charge in [-0.3, -0.25) is 4.68 Å². The number of alkyl halides is 2. The van der Waals surface area contributed by atoms with Gasteiger partial charge in [-0.2, -0.15) is 13.9 Å². The predicted molar refractivity (Wildman–Crippen MR) is 51.8 cm³/mol. The van der Waals surface area contributed by atoms with Crippen LogP contribution in [-0.2, 0) is 12.5 Å². The second-order valence-corrected chi connectivity index (χ2v) is 5.10. The van der Waals surface area contributed by atoms with Gasteiger partial charge in [0.05, 0.1) is 6.20 Å². The summed E-state index contributed by atoms with van der Waals surface area (Å²) in [4.78, 5) is 0. The number of halogens is 2. The molecule has 1 unspecified atom stereocenters. The smallest absolute Gasteiger partial charge is 0.263 e. The molecule has 1 heterocycles. The van der Waals surface area contributed by atoms with E-state index in [9.17, 15) is 8.78 Å². The van der Waals surface area contributed by atoms with Crippen molar-refractivity contribution in [3.63, 3.8) is 0 Å². The first-order valence-electron chi connectivity index (χ1n) is 5.45. The monoisotopic (exact) mass is 212 g/mol. The summed E-state index contributed by atoms with van der Waals surface area (Å²) in [5, 5.41) is 4.09. The molecule has 0 aromatic carbocycles. The van der Waals surface area contributed by atoms with Gasteiger partial charge in [-0.25, -0.2) is 0 Å². The maximum atomic E-state index is 13.9. The Labute approximate surface area is 87.3 Å². The zero-order valence-corrected chi connectivity index (χ0v) is 8.87. The van der Waals surface area contributed by atoms with E-state index in [1.165, 1.54) is 4.68 Å². The van der Waals surface area contributed by atoms with Crippen molar-refractivity contribution in [1.82, 2.24) is 9.78 Å². The van der Waals surface area contributed by atoms with Crippen LogP contribution in [0.5, 0.6) is 0 Å². The van der Waals surface area contributed by atoms with Gasteiger partial charge in [-0.15, -0.1) is 0 Å². The largest absolute Gasteiger partial charge is 0.293 e. The van der Waals surface area contributed by atoms with E-state index < -0.39 is 11.8 Å². The second-order valence-electron chi connectivity index (χ2n) is 5.10. The number of nitrogens with zero attached hydrogens (tertiary/aromatic N) is 2. The van der Waals surface area contributed by atoms with Crippen LogP contribution >= 0.6 is 0 Å². The minimum atomic E-state index is -2.63. The van der Waals surface area contributed by atoms with Crippen LogP contribution in [0.3, 0.4) is 0 Å². The minimum Gasteiger partial charge on any atom is -0.263 e. The van der Waals surface area contributed by atoms with Gasteiger partial charge in [0, 0.05) is 18.0 Å². The lowest BCUT2D eigenvalue weighted by molar-refractivity contribution is -0.0314. The van der Waals surface area contributed by atoms with E-state index >= 15 is 0 Å². The molecule has 2 aliphatic carbocycles. The molecular weight excluding hydrogens is 198 g/mol. The van der Waals surface area contributed by atoms with Crippen LogP contribution < -0.4 is 0 Å². The van der Waals surface area contributed by atoms with Crippen molar-refractivity contribution in [1.29, 1.82) is 0 Å². The Kier molecular flexibility index (Phi) is 1.61. The first-order chi connectivity index (χ1) is 7.01. The quantitative estimate of drug-likeness (QED) is 0.737. The number of fused-ring (bicyclic) bond motifs is 3. The average molecular weight is 212 g/mol. The van der Waals surface area contributed by atoms with Gasteiger partial charge >= 0.3 is 0 Å². The summed E-state index contributed by atoms with van der Waals surface area (Å²) in [7, 11) is 0. The molecule has 2 atom stereocenters. The van der Waals surface area contributed by atoms with Crippen molar-refractivity contribution in [2.24, 2.45) is 11.8 Å². The topological polar surface area (TPSA) is 17.8 Å². The van der Waals surface area contributed by atoms with Crippen molar-refractivity contribution >= 4 is 0 Å². The van der Waals surface area contributed by atoms with E-state index in [-0.39, 0.29) is 11.6 Å². The number of rotatable bonds is 2. The van der Waals surface area contributed by atoms with Gasteiger partial charge in [-0.1, -0.05) is 13.8 Å². The summed E-state index contributed by atoms with van der Waals surface area (Å²) in [5.41, 5.74) is 0.989. The normalized spacial score (nSPS) is 30.5. The molecule has 0 amide bonds. The maximum absolute atomic E-state index is 13.9. The first-order valence-corrected chi connectivity index (χ1v) is 5.45. The molecule has 0 radical (unpaired) electrons. The highest BCUT2D eigenvalue weighted by atomic mass is 19.3. The Balaban J connectivity index is 2.04. The van der Waals surface area contributed by atoms with Crippen LogP contribution in [0.15, 0.2) is 6.20 Å². The highest BCUT2D eigenvalue weighted by Gasteiger charge is 2.65. The van der Waals surface area contributed by atoms with E-state index in [0.29, 0.717) is 18.9 Å². The van der Waals surface area contributed by atoms with Crippen molar-refractivity contribution in [3.8, 4) is 0 Å². The predicted octanol–water partition coefficient (Wildman–Crippen LogP) is 2.75. The summed E-state index contributed by atoms with van der Waals surface area (Å²) in [6, 6.07) is 0. The molecule has 0 N–H and O–H groups in total. The lowest BCUT2D eigenvalue weighted by atomic mass is 10.1. The maximum Gasteiger partial charge on any atom is 0.293 e. The summed E-state index contributed by atoms with van der Waals surface area (Å²) < 4.78 is 29.2. The van der Waals surface area contributed by atoms with Crippen LogP contribution in [0.2, 0.25) is 0 Å². The summed E-state index contributed by atoms with van der Waals surface area (Å²) in [5.74, 6) is -2.62. The van der Waals surface area contributed by atoms with Gasteiger partial charge < -0.3 is 0 Å². The van der Waals surface area contributed by atoms with E-state index in [1.807, 2.05) is 13.8 Å². The van der Waals surface area contributed by atoms with Crippen molar-refractivity contribution in [2.45, 2.75) is 38.7 Å². The summed E-state index contributed by atoms with van der Waals surface area (Å²) in [6.45, 7) is 4.62. The molecule has 4 heteroatoms. The fourth-order valence-electron chi connectivity index (χ4n) is 2.63. The Morgan fingerprint density at radius 1 is 1.60 bits per heavy atom. The van der Waals surface area contributed by atoms with Crippen LogP contribution in [0.4, 0.5) is 8.78 Å². The SMILES string of the molecule is CC(C)Cn1ncc2c1C(F)(F)C1C[C@@H]21. The van der Waals surface area contributed by atoms with Crippen molar-refractivity contribution < 1.29 is 8.78 Å². The highest BCUT2D eigenvalue weighted by Crippen LogP contribution is 2.66. The van der Waals surface area contributed by atoms with Crippen LogP contribution in [-0.4, -0.2) is 9.78 Å². The molecule has 2 aliphatic rings. The minimum absolute atomic E-state index is 0.0934. The van der Waals surface area contributed by atoms with Crippen LogP contribution in [0.1, 0.15) is 37.4 Å². The zero-order chi connectivity index (χ0) is 10.8. The summed E-state index contributed by atoms with van der Waals surface area (Å²) >= 11 is 0. The van der Waals surface area contributed by atoms with Crippen LogP contribution in [0.25, 0.3) is 0 Å². The lowest BCUT2D eigenvalue weighted by Gasteiger charge is -2.16. The van der Waals surface area contributed by atoms with Gasteiger partial charge in [-0.05, 0) is 18.3 Å². The Morgan fingerprint density at radius 2 is 2.33 bits per heavy atom. The zero-order valence-electron chi connectivity index (χ0n) is 8.87. The standard InChI is InChI=1S/C11H14F2N2/c1-6(2)5-15-10-8(4-14-15)7-3-9(7)11(10,12)13/h4,6-7,9H,3,5H2,1-2H3/t7-,9?/m0/s1. The summed E-state index contributed by atoms with van der Waals surface area (Å²) in [6.07, 6.45) is 2.29. The third-order valence-electron chi connectivity index (χ3n) is 3.38. The van der Waals surface area contributed by atoms with Crippen molar-refractivity contribution in [3.05, 3.63) is 17.5 Å². The molecule has 0 spiro atoms.